The van der Waals surface area contributed by atoms with Crippen LogP contribution in [-0.2, 0) is 0 Å². The van der Waals surface area contributed by atoms with E-state index < -0.39 is 0 Å². The maximum Gasteiger partial charge on any atom is 0.261 e. The predicted octanol–water partition coefficient (Wildman–Crippen LogP) is 1.46. The van der Waals surface area contributed by atoms with Crippen molar-refractivity contribution in [3.63, 3.8) is 0 Å². The van der Waals surface area contributed by atoms with Crippen LogP contribution in [0.5, 0.6) is 0 Å². The number of hydrogen-bond acceptors (Lipinski definition) is 4. The fourth-order valence-corrected chi connectivity index (χ4v) is 2.52. The number of Topliss-reactive ketones (excluding diaryl/α,β-unsaturated/α-hetero) is 1. The summed E-state index contributed by atoms with van der Waals surface area (Å²) in [5, 5.41) is 7.86. The largest absolute Gasteiger partial charge is 0.347 e. The highest BCUT2D eigenvalue weighted by Crippen LogP contribution is 2.15. The molecule has 0 saturated carbocycles. The van der Waals surface area contributed by atoms with Crippen LogP contribution in [-0.4, -0.2) is 30.8 Å². The van der Waals surface area contributed by atoms with Crippen molar-refractivity contribution in [1.82, 2.24) is 10.6 Å². The lowest BCUT2D eigenvalue weighted by molar-refractivity contribution is 0.0944. The van der Waals surface area contributed by atoms with Crippen LogP contribution in [0.2, 0.25) is 0 Å². The summed E-state index contributed by atoms with van der Waals surface area (Å²) >= 11 is 1.32. The van der Waals surface area contributed by atoms with Gasteiger partial charge in [-0.2, -0.15) is 0 Å². The number of rotatable bonds is 3. The van der Waals surface area contributed by atoms with Gasteiger partial charge in [-0.1, -0.05) is 0 Å². The number of halogens is 1. The topological polar surface area (TPSA) is 58.2 Å². The SMILES string of the molecule is CC(=O)c1csc(C(=O)NC2CCNC2)c1.Cl. The smallest absolute Gasteiger partial charge is 0.261 e. The minimum atomic E-state index is -0.0776. The van der Waals surface area contributed by atoms with Crippen molar-refractivity contribution < 1.29 is 9.59 Å². The van der Waals surface area contributed by atoms with Crippen LogP contribution in [0.25, 0.3) is 0 Å². The molecule has 1 amide bonds. The second-order valence-corrected chi connectivity index (χ2v) is 4.83. The molecule has 1 atom stereocenters. The first-order valence-electron chi connectivity index (χ1n) is 5.28. The summed E-state index contributed by atoms with van der Waals surface area (Å²) in [5.74, 6) is -0.0796. The second-order valence-electron chi connectivity index (χ2n) is 3.92. The van der Waals surface area contributed by atoms with E-state index >= 15 is 0 Å². The average molecular weight is 275 g/mol. The van der Waals surface area contributed by atoms with Gasteiger partial charge < -0.3 is 10.6 Å². The van der Waals surface area contributed by atoms with E-state index in [1.54, 1.807) is 11.4 Å². The number of hydrogen-bond donors (Lipinski definition) is 2. The Labute approximate surface area is 110 Å². The number of thiophene rings is 1. The lowest BCUT2D eigenvalue weighted by Crippen LogP contribution is -2.35. The van der Waals surface area contributed by atoms with Gasteiger partial charge in [-0.15, -0.1) is 23.7 Å². The quantitative estimate of drug-likeness (QED) is 0.821. The molecule has 1 aromatic rings. The molecular weight excluding hydrogens is 260 g/mol. The van der Waals surface area contributed by atoms with Crippen LogP contribution in [0.3, 0.4) is 0 Å². The Bertz CT molecular complexity index is 413. The van der Waals surface area contributed by atoms with Crippen molar-refractivity contribution in [3.8, 4) is 0 Å². The highest BCUT2D eigenvalue weighted by molar-refractivity contribution is 7.12. The fourth-order valence-electron chi connectivity index (χ4n) is 1.67. The molecule has 1 unspecified atom stereocenters. The highest BCUT2D eigenvalue weighted by atomic mass is 35.5. The van der Waals surface area contributed by atoms with Gasteiger partial charge in [0.05, 0.1) is 4.88 Å². The third kappa shape index (κ3) is 3.52. The molecule has 2 N–H and O–H groups in total. The van der Waals surface area contributed by atoms with Crippen LogP contribution in [0, 0.1) is 0 Å². The third-order valence-corrected chi connectivity index (χ3v) is 3.55. The van der Waals surface area contributed by atoms with Crippen molar-refractivity contribution in [1.29, 1.82) is 0 Å². The van der Waals surface area contributed by atoms with Gasteiger partial charge in [0.25, 0.3) is 5.91 Å². The Balaban J connectivity index is 0.00000144. The number of ketones is 1. The predicted molar refractivity (Wildman–Crippen MR) is 70.3 cm³/mol. The zero-order valence-corrected chi connectivity index (χ0v) is 11.1. The van der Waals surface area contributed by atoms with Crippen LogP contribution in [0.15, 0.2) is 11.4 Å². The molecule has 0 aliphatic carbocycles. The van der Waals surface area contributed by atoms with E-state index in [0.29, 0.717) is 10.4 Å². The summed E-state index contributed by atoms with van der Waals surface area (Å²) < 4.78 is 0. The molecule has 2 rings (SSSR count). The van der Waals surface area contributed by atoms with Gasteiger partial charge in [0.1, 0.15) is 0 Å². The molecule has 4 nitrogen and oxygen atoms in total. The summed E-state index contributed by atoms with van der Waals surface area (Å²) in [6.07, 6.45) is 0.969. The molecule has 1 aliphatic heterocycles. The molecule has 1 aliphatic rings. The molecule has 0 spiro atoms. The summed E-state index contributed by atoms with van der Waals surface area (Å²) in [7, 11) is 0. The lowest BCUT2D eigenvalue weighted by atomic mass is 10.2. The van der Waals surface area contributed by atoms with E-state index in [1.165, 1.54) is 18.3 Å². The Morgan fingerprint density at radius 1 is 1.53 bits per heavy atom. The first kappa shape index (κ1) is 14.2. The standard InChI is InChI=1S/C11H14N2O2S.ClH/c1-7(14)8-4-10(16-6-8)11(15)13-9-2-3-12-5-9;/h4,6,9,12H,2-3,5H2,1H3,(H,13,15);1H. The Morgan fingerprint density at radius 3 is 2.82 bits per heavy atom. The fraction of sp³-hybridized carbons (Fsp3) is 0.455. The zero-order chi connectivity index (χ0) is 11.5. The molecular formula is C11H15ClN2O2S. The van der Waals surface area contributed by atoms with E-state index in [9.17, 15) is 9.59 Å². The lowest BCUT2D eigenvalue weighted by Gasteiger charge is -2.09. The Kier molecular flexibility index (Phi) is 5.11. The van der Waals surface area contributed by atoms with Gasteiger partial charge >= 0.3 is 0 Å². The molecule has 0 aromatic carbocycles. The zero-order valence-electron chi connectivity index (χ0n) is 9.49. The maximum absolute atomic E-state index is 11.8. The van der Waals surface area contributed by atoms with Crippen molar-refractivity contribution in [2.75, 3.05) is 13.1 Å². The minimum absolute atomic E-state index is 0. The van der Waals surface area contributed by atoms with E-state index in [2.05, 4.69) is 10.6 Å². The van der Waals surface area contributed by atoms with Gasteiger partial charge in [0, 0.05) is 23.5 Å². The molecule has 1 fully saturated rings. The van der Waals surface area contributed by atoms with Crippen molar-refractivity contribution >= 4 is 35.4 Å². The van der Waals surface area contributed by atoms with E-state index in [4.69, 9.17) is 0 Å². The number of amides is 1. The molecule has 1 saturated heterocycles. The van der Waals surface area contributed by atoms with Crippen molar-refractivity contribution in [2.24, 2.45) is 0 Å². The van der Waals surface area contributed by atoms with Gasteiger partial charge in [-0.25, -0.2) is 0 Å². The summed E-state index contributed by atoms with van der Waals surface area (Å²) in [6.45, 7) is 3.29. The summed E-state index contributed by atoms with van der Waals surface area (Å²) in [5.41, 5.74) is 0.611. The van der Waals surface area contributed by atoms with Gasteiger partial charge in [0.15, 0.2) is 5.78 Å². The monoisotopic (exact) mass is 274 g/mol. The van der Waals surface area contributed by atoms with Crippen LogP contribution >= 0.6 is 23.7 Å². The minimum Gasteiger partial charge on any atom is -0.347 e. The van der Waals surface area contributed by atoms with E-state index in [1.807, 2.05) is 0 Å². The third-order valence-electron chi connectivity index (χ3n) is 2.63. The highest BCUT2D eigenvalue weighted by Gasteiger charge is 2.18. The molecule has 17 heavy (non-hydrogen) atoms. The average Bonchev–Trinajstić information content (AvgIpc) is 2.86. The van der Waals surface area contributed by atoms with Crippen molar-refractivity contribution in [3.05, 3.63) is 21.9 Å². The molecule has 94 valence electrons. The first-order chi connectivity index (χ1) is 7.66. The molecule has 0 bridgehead atoms. The number of carbonyl (C=O) groups excluding carboxylic acids is 2. The number of carbonyl (C=O) groups is 2. The van der Waals surface area contributed by atoms with Gasteiger partial charge in [0.2, 0.25) is 0 Å². The van der Waals surface area contributed by atoms with Crippen LogP contribution in [0.1, 0.15) is 33.4 Å². The van der Waals surface area contributed by atoms with Crippen molar-refractivity contribution in [2.45, 2.75) is 19.4 Å². The van der Waals surface area contributed by atoms with E-state index in [-0.39, 0.29) is 30.1 Å². The summed E-state index contributed by atoms with van der Waals surface area (Å²) in [4.78, 5) is 23.5. The van der Waals surface area contributed by atoms with Crippen LogP contribution in [0.4, 0.5) is 0 Å². The molecule has 2 heterocycles. The normalized spacial score (nSPS) is 18.5. The van der Waals surface area contributed by atoms with E-state index in [0.717, 1.165) is 19.5 Å². The Hall–Kier alpha value is -0.910. The molecule has 6 heteroatoms. The van der Waals surface area contributed by atoms with Gasteiger partial charge in [-0.3, -0.25) is 9.59 Å². The molecule has 0 radical (unpaired) electrons. The summed E-state index contributed by atoms with van der Waals surface area (Å²) in [6, 6.07) is 1.88. The number of nitrogens with one attached hydrogen (secondary N) is 2. The maximum atomic E-state index is 11.8. The molecule has 1 aromatic heterocycles. The van der Waals surface area contributed by atoms with Gasteiger partial charge in [-0.05, 0) is 26.0 Å². The Morgan fingerprint density at radius 2 is 2.29 bits per heavy atom. The van der Waals surface area contributed by atoms with Crippen LogP contribution < -0.4 is 10.6 Å². The second kappa shape index (κ2) is 6.14. The first-order valence-corrected chi connectivity index (χ1v) is 6.16.